The van der Waals surface area contributed by atoms with E-state index in [1.54, 1.807) is 30.8 Å². The fourth-order valence-corrected chi connectivity index (χ4v) is 2.84. The van der Waals surface area contributed by atoms with Crippen molar-refractivity contribution in [2.45, 2.75) is 0 Å². The Kier molecular flexibility index (Phi) is 4.29. The summed E-state index contributed by atoms with van der Waals surface area (Å²) >= 11 is 1.34. The highest BCUT2D eigenvalue weighted by Gasteiger charge is 2.23. The van der Waals surface area contributed by atoms with Gasteiger partial charge in [-0.05, 0) is 17.1 Å². The number of ether oxygens (including phenoxy) is 2. The van der Waals surface area contributed by atoms with Crippen molar-refractivity contribution in [2.24, 2.45) is 0 Å². The zero-order chi connectivity index (χ0) is 16.2. The van der Waals surface area contributed by atoms with Crippen molar-refractivity contribution in [3.8, 4) is 11.5 Å². The van der Waals surface area contributed by atoms with E-state index >= 15 is 0 Å². The molecule has 9 heteroatoms. The average molecular weight is 334 g/mol. The summed E-state index contributed by atoms with van der Waals surface area (Å²) in [6.45, 7) is 0.701. The maximum Gasteiger partial charge on any atom is 0.372 e. The van der Waals surface area contributed by atoms with Gasteiger partial charge < -0.3 is 24.9 Å². The quantitative estimate of drug-likeness (QED) is 0.406. The van der Waals surface area contributed by atoms with E-state index in [4.69, 9.17) is 9.47 Å². The van der Waals surface area contributed by atoms with Gasteiger partial charge in [-0.15, -0.1) is 0 Å². The smallest absolute Gasteiger partial charge is 0.372 e. The molecule has 0 radical (unpaired) electrons. The van der Waals surface area contributed by atoms with Gasteiger partial charge in [0.2, 0.25) is 5.82 Å². The van der Waals surface area contributed by atoms with Crippen LogP contribution in [-0.4, -0.2) is 34.6 Å². The summed E-state index contributed by atoms with van der Waals surface area (Å²) in [6.07, 6.45) is 1.63. The zero-order valence-electron chi connectivity index (χ0n) is 12.3. The molecule has 0 atom stereocenters. The Bertz CT molecular complexity index is 829. The van der Waals surface area contributed by atoms with Crippen molar-refractivity contribution in [1.82, 2.24) is 9.38 Å². The molecule has 0 unspecified atom stereocenters. The second kappa shape index (κ2) is 6.53. The van der Waals surface area contributed by atoms with Crippen LogP contribution in [0.25, 0.3) is 4.96 Å². The molecule has 0 aliphatic rings. The molecule has 2 heterocycles. The van der Waals surface area contributed by atoms with Crippen LogP contribution >= 0.6 is 11.3 Å². The fraction of sp³-hybridized carbons (Fsp3) is 0.214. The molecule has 3 aromatic rings. The molecule has 0 spiro atoms. The largest absolute Gasteiger partial charge is 0.493 e. The summed E-state index contributed by atoms with van der Waals surface area (Å²) in [5, 5.41) is 15.9. The molecule has 23 heavy (non-hydrogen) atoms. The first-order valence-electron chi connectivity index (χ1n) is 6.80. The number of benzene rings is 1. The summed E-state index contributed by atoms with van der Waals surface area (Å²) in [4.78, 5) is 15.5. The first-order valence-corrected chi connectivity index (χ1v) is 7.68. The number of thiazole rings is 1. The predicted molar refractivity (Wildman–Crippen MR) is 86.7 cm³/mol. The Hall–Kier alpha value is -2.81. The molecule has 0 saturated heterocycles. The molecule has 0 fully saturated rings. The van der Waals surface area contributed by atoms with Crippen molar-refractivity contribution in [1.29, 1.82) is 0 Å². The van der Waals surface area contributed by atoms with E-state index < -0.39 is 4.92 Å². The van der Waals surface area contributed by atoms with E-state index in [0.717, 1.165) is 0 Å². The monoisotopic (exact) mass is 334 g/mol. The second-order valence-electron chi connectivity index (χ2n) is 4.52. The van der Waals surface area contributed by atoms with Gasteiger partial charge in [-0.2, -0.15) is 9.38 Å². The van der Waals surface area contributed by atoms with Crippen LogP contribution in [0.5, 0.6) is 11.5 Å². The van der Waals surface area contributed by atoms with Crippen molar-refractivity contribution >= 4 is 27.9 Å². The standard InChI is InChI=1S/C14H14N4O4S/c1-21-10-4-2-3-5-11(10)22-8-6-15-12-13(18(19)20)17-7-9-23-14(17)16-12/h2-5,7,9,15H,6,8H2,1H3. The summed E-state index contributed by atoms with van der Waals surface area (Å²) in [6, 6.07) is 7.30. The zero-order valence-corrected chi connectivity index (χ0v) is 13.1. The molecule has 0 saturated carbocycles. The molecule has 0 aliphatic carbocycles. The number of methoxy groups -OCH3 is 1. The Labute approximate surface area is 135 Å². The van der Waals surface area contributed by atoms with Crippen LogP contribution in [0.2, 0.25) is 0 Å². The number of para-hydroxylation sites is 2. The summed E-state index contributed by atoms with van der Waals surface area (Å²) < 4.78 is 12.3. The second-order valence-corrected chi connectivity index (χ2v) is 5.40. The molecule has 2 aromatic heterocycles. The van der Waals surface area contributed by atoms with E-state index in [1.807, 2.05) is 12.1 Å². The first kappa shape index (κ1) is 15.1. The first-order chi connectivity index (χ1) is 11.2. The number of nitro groups is 1. The number of fused-ring (bicyclic) bond motifs is 1. The molecular formula is C14H14N4O4S. The summed E-state index contributed by atoms with van der Waals surface area (Å²) in [7, 11) is 1.57. The maximum absolute atomic E-state index is 11.2. The third-order valence-electron chi connectivity index (χ3n) is 3.13. The molecule has 8 nitrogen and oxygen atoms in total. The third kappa shape index (κ3) is 3.04. The van der Waals surface area contributed by atoms with Crippen LogP contribution in [0.15, 0.2) is 35.8 Å². The highest BCUT2D eigenvalue weighted by molar-refractivity contribution is 7.15. The number of aromatic nitrogens is 2. The van der Waals surface area contributed by atoms with Gasteiger partial charge in [-0.25, -0.2) is 0 Å². The van der Waals surface area contributed by atoms with Gasteiger partial charge in [0.25, 0.3) is 4.96 Å². The molecule has 0 aliphatic heterocycles. The lowest BCUT2D eigenvalue weighted by Gasteiger charge is -2.10. The van der Waals surface area contributed by atoms with Crippen LogP contribution < -0.4 is 14.8 Å². The topological polar surface area (TPSA) is 90.9 Å². The molecule has 3 rings (SSSR count). The lowest BCUT2D eigenvalue weighted by Crippen LogP contribution is -2.13. The minimum absolute atomic E-state index is 0.0708. The highest BCUT2D eigenvalue weighted by atomic mass is 32.1. The summed E-state index contributed by atoms with van der Waals surface area (Å²) in [5.74, 6) is 1.43. The fourth-order valence-electron chi connectivity index (χ4n) is 2.14. The normalized spacial score (nSPS) is 10.7. The van der Waals surface area contributed by atoms with Gasteiger partial charge in [0.05, 0.1) is 13.7 Å². The molecule has 1 N–H and O–H groups in total. The molecular weight excluding hydrogens is 320 g/mol. The number of imidazole rings is 1. The Balaban J connectivity index is 1.64. The predicted octanol–water partition coefficient (Wildman–Crippen LogP) is 2.80. The molecule has 1 aromatic carbocycles. The van der Waals surface area contributed by atoms with Crippen molar-refractivity contribution in [2.75, 3.05) is 25.6 Å². The maximum atomic E-state index is 11.2. The van der Waals surface area contributed by atoms with Gasteiger partial charge in [0, 0.05) is 5.38 Å². The van der Waals surface area contributed by atoms with E-state index in [-0.39, 0.29) is 11.6 Å². The van der Waals surface area contributed by atoms with E-state index in [0.29, 0.717) is 29.6 Å². The van der Waals surface area contributed by atoms with Gasteiger partial charge in [-0.1, -0.05) is 23.5 Å². The number of anilines is 1. The van der Waals surface area contributed by atoms with Gasteiger partial charge in [0.15, 0.2) is 11.5 Å². The Morgan fingerprint density at radius 3 is 2.91 bits per heavy atom. The van der Waals surface area contributed by atoms with Crippen LogP contribution in [-0.2, 0) is 0 Å². The lowest BCUT2D eigenvalue weighted by atomic mass is 10.3. The SMILES string of the molecule is COc1ccccc1OCCNc1nc2sccn2c1[N+](=O)[O-]. The number of rotatable bonds is 7. The average Bonchev–Trinajstić information content (AvgIpc) is 3.11. The van der Waals surface area contributed by atoms with Crippen molar-refractivity contribution in [3.63, 3.8) is 0 Å². The van der Waals surface area contributed by atoms with E-state index in [2.05, 4.69) is 10.3 Å². The van der Waals surface area contributed by atoms with Crippen molar-refractivity contribution < 1.29 is 14.4 Å². The number of nitrogens with zero attached hydrogens (tertiary/aromatic N) is 3. The molecule has 120 valence electrons. The van der Waals surface area contributed by atoms with E-state index in [9.17, 15) is 10.1 Å². The Morgan fingerprint density at radius 1 is 1.39 bits per heavy atom. The van der Waals surface area contributed by atoms with Crippen LogP contribution in [0, 0.1) is 10.1 Å². The Morgan fingerprint density at radius 2 is 2.17 bits per heavy atom. The number of hydrogen-bond donors (Lipinski definition) is 1. The molecule has 0 bridgehead atoms. The van der Waals surface area contributed by atoms with E-state index in [1.165, 1.54) is 15.7 Å². The van der Waals surface area contributed by atoms with Gasteiger partial charge in [0.1, 0.15) is 12.8 Å². The third-order valence-corrected chi connectivity index (χ3v) is 3.89. The highest BCUT2D eigenvalue weighted by Crippen LogP contribution is 2.28. The molecule has 0 amide bonds. The lowest BCUT2D eigenvalue weighted by molar-refractivity contribution is -0.389. The number of nitrogens with one attached hydrogen (secondary N) is 1. The van der Waals surface area contributed by atoms with Crippen molar-refractivity contribution in [3.05, 3.63) is 46.0 Å². The van der Waals surface area contributed by atoms with Gasteiger partial charge >= 0.3 is 5.82 Å². The minimum atomic E-state index is -0.448. The van der Waals surface area contributed by atoms with Crippen LogP contribution in [0.1, 0.15) is 0 Å². The summed E-state index contributed by atoms with van der Waals surface area (Å²) in [5.41, 5.74) is 0. The van der Waals surface area contributed by atoms with Gasteiger partial charge in [-0.3, -0.25) is 0 Å². The van der Waals surface area contributed by atoms with Crippen LogP contribution in [0.3, 0.4) is 0 Å². The van der Waals surface area contributed by atoms with Crippen LogP contribution in [0.4, 0.5) is 11.6 Å². The number of hydrogen-bond acceptors (Lipinski definition) is 7. The minimum Gasteiger partial charge on any atom is -0.493 e.